The number of hydrogen-bond donors (Lipinski definition) is 1. The van der Waals surface area contributed by atoms with Gasteiger partial charge in [0.05, 0.1) is 4.90 Å². The first kappa shape index (κ1) is 21.6. The van der Waals surface area contributed by atoms with E-state index in [0.29, 0.717) is 11.3 Å². The van der Waals surface area contributed by atoms with Gasteiger partial charge < -0.3 is 4.90 Å². The predicted molar refractivity (Wildman–Crippen MR) is 102 cm³/mol. The SMILES string of the molecule is Cc1c(C)c(C)c(S(=O)(=O)N[C@H](CC(C)C)C(=O)N(C)C)c(C)c1C. The van der Waals surface area contributed by atoms with Gasteiger partial charge in [0.15, 0.2) is 0 Å². The standard InChI is InChI=1S/C19H32N2O3S/c1-11(2)10-17(19(22)21(8)9)20-25(23,24)18-15(6)13(4)12(3)14(5)16(18)7/h11,17,20H,10H2,1-9H3/t17-/m1/s1. The van der Waals surface area contributed by atoms with E-state index < -0.39 is 16.1 Å². The number of benzene rings is 1. The van der Waals surface area contributed by atoms with Crippen LogP contribution in [0.2, 0.25) is 0 Å². The fraction of sp³-hybridized carbons (Fsp3) is 0.632. The molecule has 1 N–H and O–H groups in total. The van der Waals surface area contributed by atoms with Crippen molar-refractivity contribution in [2.24, 2.45) is 5.92 Å². The number of carbonyl (C=O) groups is 1. The lowest BCUT2D eigenvalue weighted by Gasteiger charge is -2.25. The average Bonchev–Trinajstić information content (AvgIpc) is 2.48. The molecule has 0 spiro atoms. The number of likely N-dealkylation sites (N-methyl/N-ethyl adjacent to an activating group) is 1. The van der Waals surface area contributed by atoms with Crippen molar-refractivity contribution in [1.82, 2.24) is 9.62 Å². The van der Waals surface area contributed by atoms with E-state index in [1.165, 1.54) is 4.90 Å². The maximum absolute atomic E-state index is 13.1. The van der Waals surface area contributed by atoms with Gasteiger partial charge in [-0.25, -0.2) is 8.42 Å². The number of sulfonamides is 1. The Bertz CT molecular complexity index is 736. The number of hydrogen-bond acceptors (Lipinski definition) is 3. The quantitative estimate of drug-likeness (QED) is 0.839. The molecular formula is C19H32N2O3S. The molecule has 0 unspecified atom stereocenters. The zero-order valence-electron chi connectivity index (χ0n) is 16.9. The summed E-state index contributed by atoms with van der Waals surface area (Å²) < 4.78 is 28.9. The van der Waals surface area contributed by atoms with Crippen LogP contribution in [0, 0.1) is 40.5 Å². The molecule has 1 atom stereocenters. The van der Waals surface area contributed by atoms with Gasteiger partial charge >= 0.3 is 0 Å². The first-order valence-electron chi connectivity index (χ1n) is 8.61. The van der Waals surface area contributed by atoms with Crippen LogP contribution in [0.3, 0.4) is 0 Å². The van der Waals surface area contributed by atoms with Crippen molar-refractivity contribution in [3.63, 3.8) is 0 Å². The van der Waals surface area contributed by atoms with Crippen molar-refractivity contribution < 1.29 is 13.2 Å². The average molecular weight is 369 g/mol. The third kappa shape index (κ3) is 4.61. The Hall–Kier alpha value is -1.40. The molecule has 0 aliphatic rings. The molecule has 0 heterocycles. The molecule has 1 rings (SSSR count). The summed E-state index contributed by atoms with van der Waals surface area (Å²) in [5, 5.41) is 0. The zero-order valence-corrected chi connectivity index (χ0v) is 17.8. The van der Waals surface area contributed by atoms with Crippen molar-refractivity contribution in [3.8, 4) is 0 Å². The van der Waals surface area contributed by atoms with Crippen molar-refractivity contribution in [2.75, 3.05) is 14.1 Å². The Kier molecular flexibility index (Phi) is 6.81. The van der Waals surface area contributed by atoms with Crippen molar-refractivity contribution >= 4 is 15.9 Å². The zero-order chi connectivity index (χ0) is 19.7. The van der Waals surface area contributed by atoms with Crippen LogP contribution < -0.4 is 4.72 Å². The van der Waals surface area contributed by atoms with E-state index in [9.17, 15) is 13.2 Å². The number of carbonyl (C=O) groups excluding carboxylic acids is 1. The number of rotatable bonds is 6. The minimum Gasteiger partial charge on any atom is -0.347 e. The largest absolute Gasteiger partial charge is 0.347 e. The van der Waals surface area contributed by atoms with Crippen LogP contribution in [-0.2, 0) is 14.8 Å². The van der Waals surface area contributed by atoms with E-state index >= 15 is 0 Å². The summed E-state index contributed by atoms with van der Waals surface area (Å²) in [6, 6.07) is -0.763. The normalized spacial score (nSPS) is 13.2. The van der Waals surface area contributed by atoms with Crippen molar-refractivity contribution in [3.05, 3.63) is 27.8 Å². The highest BCUT2D eigenvalue weighted by Crippen LogP contribution is 2.29. The van der Waals surface area contributed by atoms with Crippen molar-refractivity contribution in [1.29, 1.82) is 0 Å². The van der Waals surface area contributed by atoms with E-state index in [0.717, 1.165) is 27.8 Å². The summed E-state index contributed by atoms with van der Waals surface area (Å²) in [6.07, 6.45) is 0.457. The van der Waals surface area contributed by atoms with Crippen molar-refractivity contribution in [2.45, 2.75) is 65.8 Å². The summed E-state index contributed by atoms with van der Waals surface area (Å²) in [5.74, 6) is -0.0339. The van der Waals surface area contributed by atoms with Gasteiger partial charge in [-0.1, -0.05) is 13.8 Å². The summed E-state index contributed by atoms with van der Waals surface area (Å²) in [6.45, 7) is 13.5. The van der Waals surface area contributed by atoms with Gasteiger partial charge in [0, 0.05) is 14.1 Å². The van der Waals surface area contributed by atoms with E-state index in [-0.39, 0.29) is 11.8 Å². The summed E-state index contributed by atoms with van der Waals surface area (Å²) in [5.41, 5.74) is 4.55. The first-order chi connectivity index (χ1) is 11.3. The second-order valence-electron chi connectivity index (χ2n) is 7.49. The molecule has 25 heavy (non-hydrogen) atoms. The number of amides is 1. The minimum absolute atomic E-state index is 0.195. The van der Waals surface area contributed by atoms with Gasteiger partial charge in [-0.3, -0.25) is 4.79 Å². The molecule has 142 valence electrons. The molecule has 0 saturated carbocycles. The predicted octanol–water partition coefficient (Wildman–Crippen LogP) is 3.01. The highest BCUT2D eigenvalue weighted by Gasteiger charge is 2.30. The Morgan fingerprint density at radius 3 is 1.68 bits per heavy atom. The molecule has 6 heteroatoms. The molecule has 5 nitrogen and oxygen atoms in total. The van der Waals surface area contributed by atoms with Crippen LogP contribution in [0.5, 0.6) is 0 Å². The van der Waals surface area contributed by atoms with Crippen LogP contribution in [0.4, 0.5) is 0 Å². The molecule has 1 aromatic carbocycles. The second-order valence-corrected chi connectivity index (χ2v) is 9.14. The summed E-state index contributed by atoms with van der Waals surface area (Å²) in [7, 11) is -0.525. The van der Waals surface area contributed by atoms with E-state index in [2.05, 4.69) is 4.72 Å². The van der Waals surface area contributed by atoms with Crippen LogP contribution in [0.1, 0.15) is 48.1 Å². The molecule has 0 aromatic heterocycles. The van der Waals surface area contributed by atoms with E-state index in [1.807, 2.05) is 48.5 Å². The summed E-state index contributed by atoms with van der Waals surface area (Å²) in [4.78, 5) is 14.2. The lowest BCUT2D eigenvalue weighted by Crippen LogP contribution is -2.47. The molecule has 1 amide bonds. The van der Waals surface area contributed by atoms with Crippen LogP contribution in [0.25, 0.3) is 0 Å². The minimum atomic E-state index is -3.80. The van der Waals surface area contributed by atoms with Gasteiger partial charge in [-0.15, -0.1) is 0 Å². The van der Waals surface area contributed by atoms with Crippen LogP contribution in [-0.4, -0.2) is 39.4 Å². The monoisotopic (exact) mass is 368 g/mol. The van der Waals surface area contributed by atoms with Gasteiger partial charge in [0.2, 0.25) is 15.9 Å². The molecule has 0 bridgehead atoms. The van der Waals surface area contributed by atoms with Gasteiger partial charge in [-0.2, -0.15) is 4.72 Å². The van der Waals surface area contributed by atoms with Gasteiger partial charge in [0.25, 0.3) is 0 Å². The summed E-state index contributed by atoms with van der Waals surface area (Å²) >= 11 is 0. The Balaban J connectivity index is 3.44. The Labute approximate surface area is 152 Å². The molecular weight excluding hydrogens is 336 g/mol. The van der Waals surface area contributed by atoms with E-state index in [4.69, 9.17) is 0 Å². The maximum atomic E-state index is 13.1. The molecule has 1 aromatic rings. The smallest absolute Gasteiger partial charge is 0.241 e. The maximum Gasteiger partial charge on any atom is 0.241 e. The molecule has 0 radical (unpaired) electrons. The number of nitrogens with one attached hydrogen (secondary N) is 1. The number of nitrogens with zero attached hydrogens (tertiary/aromatic N) is 1. The Morgan fingerprint density at radius 1 is 0.920 bits per heavy atom. The highest BCUT2D eigenvalue weighted by molar-refractivity contribution is 7.89. The van der Waals surface area contributed by atoms with E-state index in [1.54, 1.807) is 14.1 Å². The first-order valence-corrected chi connectivity index (χ1v) is 10.1. The fourth-order valence-corrected chi connectivity index (χ4v) is 4.90. The molecule has 0 aliphatic carbocycles. The van der Waals surface area contributed by atoms with Gasteiger partial charge in [0.1, 0.15) is 6.04 Å². The topological polar surface area (TPSA) is 66.5 Å². The second kappa shape index (κ2) is 7.87. The lowest BCUT2D eigenvalue weighted by atomic mass is 9.95. The fourth-order valence-electron chi connectivity index (χ4n) is 3.10. The van der Waals surface area contributed by atoms with Crippen LogP contribution in [0.15, 0.2) is 4.90 Å². The lowest BCUT2D eigenvalue weighted by molar-refractivity contribution is -0.130. The molecule has 0 fully saturated rings. The third-order valence-corrected chi connectivity index (χ3v) is 6.69. The van der Waals surface area contributed by atoms with Gasteiger partial charge in [-0.05, 0) is 74.8 Å². The Morgan fingerprint density at radius 2 is 1.32 bits per heavy atom. The third-order valence-electron chi connectivity index (χ3n) is 4.94. The molecule has 0 aliphatic heterocycles. The molecule has 0 saturated heterocycles. The van der Waals surface area contributed by atoms with Crippen LogP contribution >= 0.6 is 0 Å². The highest BCUT2D eigenvalue weighted by atomic mass is 32.2.